The van der Waals surface area contributed by atoms with E-state index in [0.717, 1.165) is 36.4 Å². The number of anilines is 2. The van der Waals surface area contributed by atoms with Crippen molar-refractivity contribution in [2.45, 2.75) is 19.8 Å². The Bertz CT molecular complexity index is 459. The van der Waals surface area contributed by atoms with Gasteiger partial charge in [0.2, 0.25) is 5.95 Å². The summed E-state index contributed by atoms with van der Waals surface area (Å²) >= 11 is 0. The lowest BCUT2D eigenvalue weighted by Crippen LogP contribution is -2.27. The molecule has 0 aromatic carbocycles. The summed E-state index contributed by atoms with van der Waals surface area (Å²) in [5.74, 6) is 3.35. The van der Waals surface area contributed by atoms with Crippen molar-refractivity contribution in [3.05, 3.63) is 11.8 Å². The number of nitrogens with zero attached hydrogens (tertiary/aromatic N) is 4. The zero-order valence-electron chi connectivity index (χ0n) is 12.0. The molecule has 104 valence electrons. The van der Waals surface area contributed by atoms with Gasteiger partial charge in [-0.3, -0.25) is 0 Å². The summed E-state index contributed by atoms with van der Waals surface area (Å²) in [6.45, 7) is 8.89. The lowest BCUT2D eigenvalue weighted by Gasteiger charge is -2.21. The minimum atomic E-state index is 0.386. The summed E-state index contributed by atoms with van der Waals surface area (Å²) in [5.41, 5.74) is 6.88. The van der Waals surface area contributed by atoms with Gasteiger partial charge >= 0.3 is 0 Å². The van der Waals surface area contributed by atoms with Gasteiger partial charge < -0.3 is 15.5 Å². The number of fused-ring (bicyclic) bond motifs is 1. The van der Waals surface area contributed by atoms with Crippen LogP contribution < -0.4 is 10.6 Å². The van der Waals surface area contributed by atoms with E-state index in [1.807, 2.05) is 0 Å². The summed E-state index contributed by atoms with van der Waals surface area (Å²) in [5, 5.41) is 0. The van der Waals surface area contributed by atoms with Crippen LogP contribution in [0.4, 0.5) is 11.8 Å². The van der Waals surface area contributed by atoms with Gasteiger partial charge in [-0.15, -0.1) is 0 Å². The Hall–Kier alpha value is -1.36. The molecule has 0 bridgehead atoms. The summed E-state index contributed by atoms with van der Waals surface area (Å²) in [7, 11) is 2.21. The highest BCUT2D eigenvalue weighted by Crippen LogP contribution is 2.33. The molecule has 0 spiro atoms. The first-order valence-corrected chi connectivity index (χ1v) is 7.11. The van der Waals surface area contributed by atoms with Gasteiger partial charge in [0.1, 0.15) is 5.82 Å². The highest BCUT2D eigenvalue weighted by atomic mass is 15.3. The van der Waals surface area contributed by atoms with Crippen molar-refractivity contribution in [2.24, 2.45) is 11.8 Å². The van der Waals surface area contributed by atoms with Crippen molar-refractivity contribution in [2.75, 3.05) is 43.9 Å². The van der Waals surface area contributed by atoms with Gasteiger partial charge in [-0.2, -0.15) is 4.98 Å². The molecule has 2 saturated heterocycles. The second-order valence-electron chi connectivity index (χ2n) is 6.31. The molecule has 3 rings (SSSR count). The third-order valence-electron chi connectivity index (χ3n) is 4.33. The summed E-state index contributed by atoms with van der Waals surface area (Å²) in [6.07, 6.45) is 0. The Kier molecular flexibility index (Phi) is 3.09. The van der Waals surface area contributed by atoms with E-state index in [-0.39, 0.29) is 0 Å². The van der Waals surface area contributed by atoms with E-state index in [2.05, 4.69) is 46.7 Å². The molecule has 2 fully saturated rings. The van der Waals surface area contributed by atoms with E-state index >= 15 is 0 Å². The number of hydrogen-bond acceptors (Lipinski definition) is 5. The van der Waals surface area contributed by atoms with Crippen LogP contribution in [0, 0.1) is 11.8 Å². The third-order valence-corrected chi connectivity index (χ3v) is 4.33. The monoisotopic (exact) mass is 261 g/mol. The van der Waals surface area contributed by atoms with Gasteiger partial charge in [-0.05, 0) is 24.8 Å². The lowest BCUT2D eigenvalue weighted by atomic mass is 10.0. The fourth-order valence-corrected chi connectivity index (χ4v) is 3.34. The molecule has 2 aliphatic rings. The van der Waals surface area contributed by atoms with Crippen LogP contribution in [0.15, 0.2) is 6.07 Å². The standard InChI is InChI=1S/C14H23N5/c1-9(2)12-4-13(17-14(15)16-12)19-7-10-5-18(3)6-11(10)8-19/h4,9-11H,5-8H2,1-3H3,(H2,15,16,17)/t10-,11+. The smallest absolute Gasteiger partial charge is 0.222 e. The Morgan fingerprint density at radius 1 is 1.16 bits per heavy atom. The molecule has 2 aliphatic heterocycles. The molecule has 0 unspecified atom stereocenters. The fourth-order valence-electron chi connectivity index (χ4n) is 3.34. The highest BCUT2D eigenvalue weighted by Gasteiger charge is 2.39. The quantitative estimate of drug-likeness (QED) is 0.866. The largest absolute Gasteiger partial charge is 0.368 e. The minimum absolute atomic E-state index is 0.386. The topological polar surface area (TPSA) is 58.3 Å². The summed E-state index contributed by atoms with van der Waals surface area (Å²) in [4.78, 5) is 13.6. The molecule has 2 N–H and O–H groups in total. The number of nitrogen functional groups attached to an aromatic ring is 1. The molecule has 1 aromatic heterocycles. The van der Waals surface area contributed by atoms with E-state index in [4.69, 9.17) is 5.73 Å². The van der Waals surface area contributed by atoms with Crippen molar-refractivity contribution in [1.82, 2.24) is 14.9 Å². The number of aromatic nitrogens is 2. The second-order valence-corrected chi connectivity index (χ2v) is 6.31. The molecular weight excluding hydrogens is 238 g/mol. The molecule has 0 saturated carbocycles. The Morgan fingerprint density at radius 3 is 2.37 bits per heavy atom. The summed E-state index contributed by atoms with van der Waals surface area (Å²) < 4.78 is 0. The van der Waals surface area contributed by atoms with Crippen molar-refractivity contribution in [3.63, 3.8) is 0 Å². The van der Waals surface area contributed by atoms with Gasteiger partial charge in [0.05, 0.1) is 5.69 Å². The Balaban J connectivity index is 1.80. The van der Waals surface area contributed by atoms with Crippen LogP contribution >= 0.6 is 0 Å². The van der Waals surface area contributed by atoms with Crippen molar-refractivity contribution in [1.29, 1.82) is 0 Å². The first kappa shape index (κ1) is 12.7. The highest BCUT2D eigenvalue weighted by molar-refractivity contribution is 5.45. The van der Waals surface area contributed by atoms with Crippen LogP contribution in [0.3, 0.4) is 0 Å². The average Bonchev–Trinajstić information content (AvgIpc) is 2.85. The van der Waals surface area contributed by atoms with Crippen LogP contribution in [0.2, 0.25) is 0 Å². The Labute approximate surface area is 114 Å². The second kappa shape index (κ2) is 4.63. The van der Waals surface area contributed by atoms with E-state index in [9.17, 15) is 0 Å². The molecule has 2 atom stereocenters. The van der Waals surface area contributed by atoms with Gasteiger partial charge in [-0.1, -0.05) is 13.8 Å². The maximum atomic E-state index is 5.85. The maximum Gasteiger partial charge on any atom is 0.222 e. The van der Waals surface area contributed by atoms with Crippen LogP contribution in [0.1, 0.15) is 25.5 Å². The molecule has 0 aliphatic carbocycles. The summed E-state index contributed by atoms with van der Waals surface area (Å²) in [6, 6.07) is 2.10. The van der Waals surface area contributed by atoms with Gasteiger partial charge in [0, 0.05) is 32.2 Å². The third kappa shape index (κ3) is 2.39. The molecular formula is C14H23N5. The van der Waals surface area contributed by atoms with Gasteiger partial charge in [-0.25, -0.2) is 4.98 Å². The van der Waals surface area contributed by atoms with Crippen LogP contribution in [-0.2, 0) is 0 Å². The molecule has 1 aromatic rings. The van der Waals surface area contributed by atoms with Crippen molar-refractivity contribution in [3.8, 4) is 0 Å². The van der Waals surface area contributed by atoms with Crippen LogP contribution in [-0.4, -0.2) is 48.1 Å². The minimum Gasteiger partial charge on any atom is -0.368 e. The normalized spacial score (nSPS) is 27.3. The molecule has 5 heteroatoms. The van der Waals surface area contributed by atoms with E-state index in [0.29, 0.717) is 11.9 Å². The molecule has 3 heterocycles. The first-order valence-electron chi connectivity index (χ1n) is 7.11. The fraction of sp³-hybridized carbons (Fsp3) is 0.714. The zero-order chi connectivity index (χ0) is 13.6. The molecule has 19 heavy (non-hydrogen) atoms. The van der Waals surface area contributed by atoms with E-state index < -0.39 is 0 Å². The Morgan fingerprint density at radius 2 is 1.79 bits per heavy atom. The number of nitrogens with two attached hydrogens (primary N) is 1. The number of hydrogen-bond donors (Lipinski definition) is 1. The first-order chi connectivity index (χ1) is 9.02. The van der Waals surface area contributed by atoms with Crippen LogP contribution in [0.5, 0.6) is 0 Å². The van der Waals surface area contributed by atoms with Crippen molar-refractivity contribution >= 4 is 11.8 Å². The predicted octanol–water partition coefficient (Wildman–Crippen LogP) is 1.18. The zero-order valence-corrected chi connectivity index (χ0v) is 12.0. The SMILES string of the molecule is CC(C)c1cc(N2C[C@H]3CN(C)C[C@H]3C2)nc(N)n1. The van der Waals surface area contributed by atoms with Gasteiger partial charge in [0.15, 0.2) is 0 Å². The number of likely N-dealkylation sites (tertiary alicyclic amines) is 1. The predicted molar refractivity (Wildman–Crippen MR) is 77.2 cm³/mol. The number of rotatable bonds is 2. The molecule has 5 nitrogen and oxygen atoms in total. The van der Waals surface area contributed by atoms with E-state index in [1.165, 1.54) is 13.1 Å². The maximum absolute atomic E-state index is 5.85. The van der Waals surface area contributed by atoms with Gasteiger partial charge in [0.25, 0.3) is 0 Å². The average molecular weight is 261 g/mol. The van der Waals surface area contributed by atoms with E-state index in [1.54, 1.807) is 0 Å². The molecule has 0 radical (unpaired) electrons. The van der Waals surface area contributed by atoms with Crippen molar-refractivity contribution < 1.29 is 0 Å². The molecule has 0 amide bonds. The van der Waals surface area contributed by atoms with Crippen LogP contribution in [0.25, 0.3) is 0 Å². The lowest BCUT2D eigenvalue weighted by molar-refractivity contribution is 0.387.